The van der Waals surface area contributed by atoms with Crippen LogP contribution in [0, 0.1) is 25.2 Å². The molecule has 28 heavy (non-hydrogen) atoms. The molecule has 0 saturated heterocycles. The first-order chi connectivity index (χ1) is 13.5. The molecule has 0 aliphatic rings. The first kappa shape index (κ1) is 19.7. The fraction of sp³-hybridized carbons (Fsp3) is 0.182. The van der Waals surface area contributed by atoms with Crippen molar-refractivity contribution >= 4 is 28.0 Å². The summed E-state index contributed by atoms with van der Waals surface area (Å²) in [6, 6.07) is 15.6. The summed E-state index contributed by atoms with van der Waals surface area (Å²) in [4.78, 5) is 4.32. The van der Waals surface area contributed by atoms with E-state index in [1.54, 1.807) is 13.3 Å². The van der Waals surface area contributed by atoms with Gasteiger partial charge < -0.3 is 13.9 Å². The Labute approximate surface area is 172 Å². The molecule has 2 aromatic carbocycles. The molecule has 0 fully saturated rings. The molecule has 0 atom stereocenters. The zero-order valence-electron chi connectivity index (χ0n) is 15.8. The fourth-order valence-corrected chi connectivity index (χ4v) is 2.85. The highest BCUT2D eigenvalue weighted by Gasteiger charge is 2.13. The van der Waals surface area contributed by atoms with Crippen molar-refractivity contribution in [2.24, 2.45) is 4.99 Å². The molecule has 0 unspecified atom stereocenters. The van der Waals surface area contributed by atoms with Gasteiger partial charge >= 0.3 is 0 Å². The molecule has 1 aromatic heterocycles. The molecule has 142 valence electrons. The SMILES string of the molecule is COc1cc(C=Nc2oc(C)c(C)c2C#N)ccc1OCc1ccc(Br)cc1. The van der Waals surface area contributed by atoms with E-state index in [0.29, 0.717) is 35.3 Å². The van der Waals surface area contributed by atoms with E-state index >= 15 is 0 Å². The Kier molecular flexibility index (Phi) is 6.17. The van der Waals surface area contributed by atoms with E-state index < -0.39 is 0 Å². The maximum absolute atomic E-state index is 9.27. The summed E-state index contributed by atoms with van der Waals surface area (Å²) in [7, 11) is 1.59. The lowest BCUT2D eigenvalue weighted by molar-refractivity contribution is 0.284. The number of halogens is 1. The van der Waals surface area contributed by atoms with Crippen LogP contribution in [0.3, 0.4) is 0 Å². The average Bonchev–Trinajstić information content (AvgIpc) is 2.99. The van der Waals surface area contributed by atoms with Gasteiger partial charge in [-0.25, -0.2) is 4.99 Å². The highest BCUT2D eigenvalue weighted by atomic mass is 79.9. The Morgan fingerprint density at radius 2 is 1.89 bits per heavy atom. The smallest absolute Gasteiger partial charge is 0.237 e. The van der Waals surface area contributed by atoms with Crippen LogP contribution in [-0.4, -0.2) is 13.3 Å². The second-order valence-corrected chi connectivity index (χ2v) is 7.07. The molecule has 0 aliphatic heterocycles. The van der Waals surface area contributed by atoms with Crippen LogP contribution >= 0.6 is 15.9 Å². The van der Waals surface area contributed by atoms with Gasteiger partial charge in [0.25, 0.3) is 0 Å². The molecule has 0 radical (unpaired) electrons. The lowest BCUT2D eigenvalue weighted by atomic mass is 10.2. The number of ether oxygens (including phenoxy) is 2. The van der Waals surface area contributed by atoms with Crippen molar-refractivity contribution in [3.63, 3.8) is 0 Å². The number of rotatable bonds is 6. The molecular weight excluding hydrogens is 420 g/mol. The Bertz CT molecular complexity index is 1050. The Morgan fingerprint density at radius 3 is 2.57 bits per heavy atom. The third kappa shape index (κ3) is 4.44. The minimum Gasteiger partial charge on any atom is -0.493 e. The quantitative estimate of drug-likeness (QED) is 0.451. The molecule has 6 heteroatoms. The summed E-state index contributed by atoms with van der Waals surface area (Å²) in [5.41, 5.74) is 3.13. The van der Waals surface area contributed by atoms with Gasteiger partial charge in [0, 0.05) is 16.3 Å². The Morgan fingerprint density at radius 1 is 1.14 bits per heavy atom. The molecule has 0 aliphatic carbocycles. The highest BCUT2D eigenvalue weighted by molar-refractivity contribution is 9.10. The molecule has 0 spiro atoms. The first-order valence-electron chi connectivity index (χ1n) is 8.61. The van der Waals surface area contributed by atoms with Gasteiger partial charge in [-0.1, -0.05) is 28.1 Å². The summed E-state index contributed by atoms with van der Waals surface area (Å²) >= 11 is 3.42. The molecule has 3 rings (SSSR count). The topological polar surface area (TPSA) is 67.8 Å². The minimum atomic E-state index is 0.312. The lowest BCUT2D eigenvalue weighted by Gasteiger charge is -2.11. The van der Waals surface area contributed by atoms with E-state index in [2.05, 4.69) is 27.0 Å². The minimum absolute atomic E-state index is 0.312. The Balaban J connectivity index is 1.76. The normalized spacial score (nSPS) is 10.8. The van der Waals surface area contributed by atoms with Gasteiger partial charge in [-0.05, 0) is 55.3 Å². The van der Waals surface area contributed by atoms with E-state index in [4.69, 9.17) is 13.9 Å². The van der Waals surface area contributed by atoms with Crippen molar-refractivity contribution in [1.29, 1.82) is 5.26 Å². The second-order valence-electron chi connectivity index (χ2n) is 6.16. The monoisotopic (exact) mass is 438 g/mol. The predicted molar refractivity (Wildman–Crippen MR) is 112 cm³/mol. The van der Waals surface area contributed by atoms with Gasteiger partial charge in [-0.15, -0.1) is 0 Å². The van der Waals surface area contributed by atoms with E-state index in [1.807, 2.05) is 56.3 Å². The van der Waals surface area contributed by atoms with Crippen molar-refractivity contribution in [3.8, 4) is 17.6 Å². The highest BCUT2D eigenvalue weighted by Crippen LogP contribution is 2.30. The number of benzene rings is 2. The van der Waals surface area contributed by atoms with Crippen molar-refractivity contribution in [3.05, 3.63) is 75.0 Å². The van der Waals surface area contributed by atoms with Crippen molar-refractivity contribution in [2.45, 2.75) is 20.5 Å². The van der Waals surface area contributed by atoms with Gasteiger partial charge in [0.05, 0.1) is 7.11 Å². The number of aryl methyl sites for hydroxylation is 1. The molecule has 5 nitrogen and oxygen atoms in total. The van der Waals surface area contributed by atoms with Crippen LogP contribution in [0.5, 0.6) is 11.5 Å². The zero-order valence-corrected chi connectivity index (χ0v) is 17.4. The summed E-state index contributed by atoms with van der Waals surface area (Å²) < 4.78 is 17.9. The molecule has 0 N–H and O–H groups in total. The number of nitriles is 1. The Hall–Kier alpha value is -3.04. The molecule has 3 aromatic rings. The number of nitrogens with zero attached hydrogens (tertiary/aromatic N) is 2. The van der Waals surface area contributed by atoms with E-state index in [9.17, 15) is 5.26 Å². The average molecular weight is 439 g/mol. The maximum Gasteiger partial charge on any atom is 0.237 e. The van der Waals surface area contributed by atoms with Crippen LogP contribution in [0.1, 0.15) is 28.0 Å². The van der Waals surface area contributed by atoms with Crippen LogP contribution in [0.2, 0.25) is 0 Å². The summed E-state index contributed by atoms with van der Waals surface area (Å²) in [5, 5.41) is 9.27. The van der Waals surface area contributed by atoms with Crippen LogP contribution in [0.4, 0.5) is 5.88 Å². The molecule has 0 amide bonds. The van der Waals surface area contributed by atoms with Crippen LogP contribution in [0.25, 0.3) is 0 Å². The van der Waals surface area contributed by atoms with E-state index in [1.165, 1.54) is 0 Å². The largest absolute Gasteiger partial charge is 0.493 e. The van der Waals surface area contributed by atoms with E-state index in [0.717, 1.165) is 21.2 Å². The second kappa shape index (κ2) is 8.77. The van der Waals surface area contributed by atoms with Crippen molar-refractivity contribution in [1.82, 2.24) is 0 Å². The zero-order chi connectivity index (χ0) is 20.1. The van der Waals surface area contributed by atoms with Crippen molar-refractivity contribution < 1.29 is 13.9 Å². The van der Waals surface area contributed by atoms with Crippen LogP contribution in [-0.2, 0) is 6.61 Å². The third-order valence-electron chi connectivity index (χ3n) is 4.30. The summed E-state index contributed by atoms with van der Waals surface area (Å²) in [6.07, 6.45) is 1.64. The molecule has 0 bridgehead atoms. The van der Waals surface area contributed by atoms with Gasteiger partial charge in [-0.3, -0.25) is 0 Å². The van der Waals surface area contributed by atoms with Gasteiger partial charge in [0.1, 0.15) is 24.0 Å². The standard InChI is InChI=1S/C22H19BrN2O3/c1-14-15(2)28-22(19(14)11-24)25-12-17-6-9-20(21(10-17)26-3)27-13-16-4-7-18(23)8-5-16/h4-10,12H,13H2,1-3H3. The van der Waals surface area contributed by atoms with Gasteiger partial charge in [-0.2, -0.15) is 5.26 Å². The lowest BCUT2D eigenvalue weighted by Crippen LogP contribution is -1.98. The first-order valence-corrected chi connectivity index (χ1v) is 9.40. The third-order valence-corrected chi connectivity index (χ3v) is 4.83. The number of furan rings is 1. The molecular formula is C22H19BrN2O3. The van der Waals surface area contributed by atoms with Gasteiger partial charge in [0.2, 0.25) is 5.88 Å². The van der Waals surface area contributed by atoms with Crippen LogP contribution in [0.15, 0.2) is 56.3 Å². The summed E-state index contributed by atoms with van der Waals surface area (Å²) in [5.74, 6) is 2.25. The fourth-order valence-electron chi connectivity index (χ4n) is 2.59. The summed E-state index contributed by atoms with van der Waals surface area (Å²) in [6.45, 7) is 4.10. The molecule has 0 saturated carbocycles. The van der Waals surface area contributed by atoms with E-state index in [-0.39, 0.29) is 0 Å². The predicted octanol–water partition coefficient (Wildman–Crippen LogP) is 5.87. The maximum atomic E-state index is 9.27. The number of hydrogen-bond acceptors (Lipinski definition) is 5. The molecule has 1 heterocycles. The van der Waals surface area contributed by atoms with Gasteiger partial charge in [0.15, 0.2) is 11.5 Å². The van der Waals surface area contributed by atoms with Crippen LogP contribution < -0.4 is 9.47 Å². The number of aliphatic imine (C=N–C) groups is 1. The van der Waals surface area contributed by atoms with Crippen molar-refractivity contribution in [2.75, 3.05) is 7.11 Å². The number of hydrogen-bond donors (Lipinski definition) is 0. The number of methoxy groups -OCH3 is 1.